The van der Waals surface area contributed by atoms with Gasteiger partial charge >= 0.3 is 59.9 Å². The molecular weight excluding hydrogens is 1720 g/mol. The fourth-order valence-electron chi connectivity index (χ4n) is 11.6. The third-order valence-electron chi connectivity index (χ3n) is 17.8. The van der Waals surface area contributed by atoms with Gasteiger partial charge in [-0.1, -0.05) is 105 Å². The third-order valence-corrected chi connectivity index (χ3v) is 53.8. The number of rotatable bonds is 70. The van der Waals surface area contributed by atoms with Crippen molar-refractivity contribution in [3.8, 4) is 0 Å². The van der Waals surface area contributed by atoms with Crippen molar-refractivity contribution >= 4 is 208 Å². The van der Waals surface area contributed by atoms with Crippen LogP contribution in [0.4, 0.5) is 0 Å². The molecule has 0 amide bonds. The summed E-state index contributed by atoms with van der Waals surface area (Å²) in [5, 5.41) is 0. The van der Waals surface area contributed by atoms with Crippen LogP contribution in [0.15, 0.2) is 0 Å². The van der Waals surface area contributed by atoms with Gasteiger partial charge in [-0.3, -0.25) is 0 Å². The summed E-state index contributed by atoms with van der Waals surface area (Å²) in [5.41, 5.74) is 0. The number of hydrogen-bond donors (Lipinski definition) is 0. The molecule has 0 heterocycles. The minimum atomic E-state index is -2.74. The first-order chi connectivity index (χ1) is 46.9. The Morgan fingerprint density at radius 1 is 0.136 bits per heavy atom. The quantitative estimate of drug-likeness (QED) is 0.0325. The van der Waals surface area contributed by atoms with Gasteiger partial charge in [-0.2, -0.15) is 88.6 Å². The van der Waals surface area contributed by atoms with E-state index in [1.54, 1.807) is 0 Å². The second-order valence-corrected chi connectivity index (χ2v) is 115. The summed E-state index contributed by atoms with van der Waals surface area (Å²) in [7, 11) is -32.0. The van der Waals surface area contributed by atoms with Crippen LogP contribution in [-0.4, -0.2) is 211 Å². The van der Waals surface area contributed by atoms with Crippen molar-refractivity contribution in [1.82, 2.24) is 0 Å². The van der Waals surface area contributed by atoms with Crippen molar-refractivity contribution in [1.29, 1.82) is 0 Å². The van der Waals surface area contributed by atoms with E-state index < -0.39 is 119 Å². The molecule has 0 radical (unpaired) electrons. The molecule has 0 aromatic rings. The normalized spacial score (nSPS) is 14.4. The molecule has 37 heteroatoms. The van der Waals surface area contributed by atoms with Gasteiger partial charge in [-0.15, -0.1) is 0 Å². The highest BCUT2D eigenvalue weighted by molar-refractivity contribution is 7.21. The van der Waals surface area contributed by atoms with Crippen LogP contribution < -0.4 is 0 Å². The van der Waals surface area contributed by atoms with Gasteiger partial charge in [0.2, 0.25) is 0 Å². The van der Waals surface area contributed by atoms with Crippen LogP contribution in [0.1, 0.15) is 89.9 Å². The molecule has 0 atom stereocenters. The molecule has 103 heavy (non-hydrogen) atoms. The second kappa shape index (κ2) is 52.7. The summed E-state index contributed by atoms with van der Waals surface area (Å²) in [6.07, 6.45) is 12.3. The molecule has 0 aliphatic heterocycles. The van der Waals surface area contributed by atoms with E-state index in [4.69, 9.17) is 151 Å². The van der Waals surface area contributed by atoms with Gasteiger partial charge in [0.05, 0.1) is 0 Å². The van der Waals surface area contributed by atoms with E-state index >= 15 is 0 Å². The highest BCUT2D eigenvalue weighted by atomic mass is 35.6. The van der Waals surface area contributed by atoms with Crippen LogP contribution in [0.5, 0.6) is 0 Å². The molecule has 0 saturated heterocycles. The first kappa shape index (κ1) is 108. The average molecular weight is 1880 g/mol. The van der Waals surface area contributed by atoms with Crippen molar-refractivity contribution in [2.24, 2.45) is 0 Å². The SMILES string of the molecule is C[Si](C)(Cl)CCCO[Si](C)(CCCO[Si](C)(CCCO[Si](C)(C)OCCC[Si](C)(OCCC[Si](C)(OCCC[Si](C)(C)Cl)OCCC[Si](C)(C)Cl)OCCC[Si](C)(OCCC[Si](C)(C)Cl)OCCC[Si](C)(C)Cl)OCCC[Si](C)(OCCC[Si](C)(C)Cl)OCCC[Si](C)(C)Cl)OCCC[Si](C)(C)Cl. The van der Waals surface area contributed by atoms with Gasteiger partial charge in [-0.25, -0.2) is 0 Å². The Labute approximate surface area is 687 Å². The maximum atomic E-state index is 6.99. The Hall–Kier alpha value is 5.01. The molecule has 0 aliphatic rings. The Morgan fingerprint density at radius 2 is 0.223 bits per heavy atom. The van der Waals surface area contributed by atoms with Crippen molar-refractivity contribution in [2.75, 3.05) is 92.5 Å². The third kappa shape index (κ3) is 68.8. The van der Waals surface area contributed by atoms with E-state index in [2.05, 4.69) is 157 Å². The summed E-state index contributed by atoms with van der Waals surface area (Å²) in [6, 6.07) is 12.9. The summed E-state index contributed by atoms with van der Waals surface area (Å²) < 4.78 is 95.1. The zero-order valence-corrected chi connectivity index (χ0v) is 91.0. The highest BCUT2D eigenvalue weighted by Crippen LogP contribution is 2.31. The Morgan fingerprint density at radius 3 is 0.320 bits per heavy atom. The minimum absolute atomic E-state index is 0.545. The lowest BCUT2D eigenvalue weighted by Crippen LogP contribution is -2.43. The van der Waals surface area contributed by atoms with Crippen molar-refractivity contribution in [2.45, 2.75) is 332 Å². The summed E-state index contributed by atoms with van der Waals surface area (Å²) in [5.74, 6) is 0. The van der Waals surface area contributed by atoms with E-state index in [9.17, 15) is 0 Å². The standard InChI is InChI=1S/C66H156Cl8O14Si15/c1-89(2,67)53-25-41-77-100(21,78-42-26-54-90(3,4)68)63-35-49-85-98(19,86-50-36-64-101(22,79-43-27-55-91(5,6)69)80-44-28-56-92(7,8)70)61-33-39-75-97(17,18)76-40-34-62-99(20,87-51-37-65-102(23,81-45-29-57-93(9,10)71)82-46-30-58-94(11,12)72)88-52-38-66-103(24,83-47-31-59-95(13,14)73)84-48-32-60-96(15,16)74/h25-66H2,1-24H3. The zero-order chi connectivity index (χ0) is 79.1. The van der Waals surface area contributed by atoms with E-state index in [1.165, 1.54) is 0 Å². The van der Waals surface area contributed by atoms with Crippen molar-refractivity contribution in [3.05, 3.63) is 0 Å². The second-order valence-electron chi connectivity index (χ2n) is 35.3. The average Bonchev–Trinajstić information content (AvgIpc) is 0.884. The Balaban J connectivity index is 6.60. The molecule has 0 fully saturated rings. The van der Waals surface area contributed by atoms with Crippen LogP contribution in [-0.2, 0) is 62.0 Å². The first-order valence-electron chi connectivity index (χ1n) is 39.4. The fourth-order valence-corrected chi connectivity index (χ4v) is 37.9. The van der Waals surface area contributed by atoms with E-state index in [0.29, 0.717) is 92.5 Å². The maximum absolute atomic E-state index is 6.99. The molecule has 0 saturated carbocycles. The topological polar surface area (TPSA) is 129 Å². The molecule has 0 bridgehead atoms. The van der Waals surface area contributed by atoms with Crippen molar-refractivity contribution < 1.29 is 62.0 Å². The predicted octanol–water partition coefficient (Wildman–Crippen LogP) is 25.4. The van der Waals surface area contributed by atoms with Crippen LogP contribution in [0.2, 0.25) is 242 Å². The summed E-state index contributed by atoms with van der Waals surface area (Å²) in [6.45, 7) is 61.2. The fraction of sp³-hybridized carbons (Fsp3) is 1.00. The molecule has 0 unspecified atom stereocenters. The molecule has 0 aromatic heterocycles. The van der Waals surface area contributed by atoms with Crippen LogP contribution in [0.25, 0.3) is 0 Å². The van der Waals surface area contributed by atoms with Gasteiger partial charge in [0.1, 0.15) is 0 Å². The van der Waals surface area contributed by atoms with Gasteiger partial charge in [0.15, 0.2) is 59.1 Å². The zero-order valence-electron chi connectivity index (χ0n) is 69.9. The number of hydrogen-bond acceptors (Lipinski definition) is 14. The lowest BCUT2D eigenvalue weighted by atomic mass is 10.5. The summed E-state index contributed by atoms with van der Waals surface area (Å²) in [4.78, 5) is 0. The van der Waals surface area contributed by atoms with Crippen molar-refractivity contribution in [3.63, 3.8) is 0 Å². The molecule has 620 valence electrons. The van der Waals surface area contributed by atoms with E-state index in [0.717, 1.165) is 175 Å². The number of halogens is 8. The molecule has 0 aromatic carbocycles. The molecule has 0 spiro atoms. The van der Waals surface area contributed by atoms with Crippen LogP contribution in [0, 0.1) is 0 Å². The smallest absolute Gasteiger partial charge is 0.335 e. The molecule has 0 aliphatic carbocycles. The van der Waals surface area contributed by atoms with Gasteiger partial charge in [0.25, 0.3) is 0 Å². The summed E-state index contributed by atoms with van der Waals surface area (Å²) >= 11 is 53.8. The van der Waals surface area contributed by atoms with Gasteiger partial charge < -0.3 is 62.0 Å². The van der Waals surface area contributed by atoms with Crippen LogP contribution in [0.3, 0.4) is 0 Å². The largest absolute Gasteiger partial charge is 0.395 e. The van der Waals surface area contributed by atoms with Gasteiger partial charge in [0, 0.05) is 92.5 Å². The molecular formula is C66H156Cl8O14Si15. The maximum Gasteiger partial charge on any atom is 0.335 e. The van der Waals surface area contributed by atoms with E-state index in [1.807, 2.05) is 0 Å². The first-order valence-corrected chi connectivity index (χ1v) is 91.1. The molecule has 14 nitrogen and oxygen atoms in total. The lowest BCUT2D eigenvalue weighted by Gasteiger charge is -2.31. The molecule has 0 rings (SSSR count). The van der Waals surface area contributed by atoms with Gasteiger partial charge in [-0.05, 0) is 227 Å². The predicted molar refractivity (Wildman–Crippen MR) is 489 cm³/mol. The minimum Gasteiger partial charge on any atom is -0.395 e. The lowest BCUT2D eigenvalue weighted by molar-refractivity contribution is 0.146. The van der Waals surface area contributed by atoms with Crippen LogP contribution >= 0.6 is 88.6 Å². The molecule has 0 N–H and O–H groups in total. The highest BCUT2D eigenvalue weighted by Gasteiger charge is 2.40. The monoisotopic (exact) mass is 1870 g/mol. The Kier molecular flexibility index (Phi) is 55.3. The van der Waals surface area contributed by atoms with E-state index in [-0.39, 0.29) is 0 Å². The Bertz CT molecular complexity index is 1810.